The van der Waals surface area contributed by atoms with E-state index in [4.69, 9.17) is 5.11 Å². The van der Waals surface area contributed by atoms with Crippen LogP contribution in [0.25, 0.3) is 0 Å². The number of carbonyl (C=O) groups is 1. The zero-order valence-electron chi connectivity index (χ0n) is 17.1. The molecule has 4 N–H and O–H groups in total. The van der Waals surface area contributed by atoms with Gasteiger partial charge in [0.15, 0.2) is 0 Å². The van der Waals surface area contributed by atoms with Crippen LogP contribution in [0.5, 0.6) is 0 Å². The molecule has 0 saturated heterocycles. The number of rotatable bonds is 15. The average Bonchev–Trinajstić information content (AvgIpc) is 2.62. The number of unbranched alkanes of at least 4 members (excludes halogenated alkanes) is 3. The second kappa shape index (κ2) is 14.6. The molecule has 0 aromatic heterocycles. The van der Waals surface area contributed by atoms with E-state index in [0.29, 0.717) is 6.42 Å². The summed E-state index contributed by atoms with van der Waals surface area (Å²) in [4.78, 5) is 10.8. The number of hydrogen-bond donors (Lipinski definition) is 4. The van der Waals surface area contributed by atoms with Gasteiger partial charge in [0.05, 0.1) is 12.0 Å². The molecule has 4 atom stereocenters. The molecule has 0 aliphatic carbocycles. The number of aliphatic hydroxyl groups is 3. The van der Waals surface area contributed by atoms with Crippen molar-refractivity contribution in [3.8, 4) is 0 Å². The maximum Gasteiger partial charge on any atom is 0.306 e. The van der Waals surface area contributed by atoms with Crippen LogP contribution in [-0.2, 0) is 4.79 Å². The van der Waals surface area contributed by atoms with Crippen molar-refractivity contribution in [3.63, 3.8) is 0 Å². The fraction of sp³-hybridized carbons (Fsp3) is 0.682. The first-order valence-corrected chi connectivity index (χ1v) is 10.0. The molecule has 0 aliphatic heterocycles. The summed E-state index contributed by atoms with van der Waals surface area (Å²) < 4.78 is 0. The van der Waals surface area contributed by atoms with Gasteiger partial charge in [-0.05, 0) is 45.4 Å². The number of allylic oxidation sites excluding steroid dienone is 5. The molecule has 0 fully saturated rings. The second-order valence-electron chi connectivity index (χ2n) is 7.37. The summed E-state index contributed by atoms with van der Waals surface area (Å²) in [7, 11) is 0. The molecule has 0 radical (unpaired) electrons. The van der Waals surface area contributed by atoms with Crippen molar-refractivity contribution in [2.75, 3.05) is 0 Å². The summed E-state index contributed by atoms with van der Waals surface area (Å²) >= 11 is 0. The number of aliphatic hydroxyl groups excluding tert-OH is 2. The summed E-state index contributed by atoms with van der Waals surface area (Å²) in [5.41, 5.74) is -1.57. The molecule has 0 aliphatic rings. The largest absolute Gasteiger partial charge is 0.481 e. The van der Waals surface area contributed by atoms with Gasteiger partial charge in [0, 0.05) is 0 Å². The van der Waals surface area contributed by atoms with Gasteiger partial charge in [-0.2, -0.15) is 0 Å². The minimum absolute atomic E-state index is 0.114. The SMILES string of the molecule is CCCCC/C=C\C/C=C\C/C=C\C(C)(O)C(O)C(O)CCC(C)C(=O)O. The molecule has 5 nitrogen and oxygen atoms in total. The highest BCUT2D eigenvalue weighted by molar-refractivity contribution is 5.69. The Balaban J connectivity index is 4.20. The first-order chi connectivity index (χ1) is 12.7. The molecule has 156 valence electrons. The topological polar surface area (TPSA) is 98.0 Å². The molecule has 0 aromatic carbocycles. The van der Waals surface area contributed by atoms with Crippen LogP contribution in [0.2, 0.25) is 0 Å². The van der Waals surface area contributed by atoms with Gasteiger partial charge in [-0.3, -0.25) is 4.79 Å². The smallest absolute Gasteiger partial charge is 0.306 e. The fourth-order valence-corrected chi connectivity index (χ4v) is 2.57. The van der Waals surface area contributed by atoms with Crippen molar-refractivity contribution in [2.24, 2.45) is 5.92 Å². The van der Waals surface area contributed by atoms with Gasteiger partial charge in [0.2, 0.25) is 0 Å². The van der Waals surface area contributed by atoms with Crippen LogP contribution >= 0.6 is 0 Å². The molecular weight excluding hydrogens is 344 g/mol. The van der Waals surface area contributed by atoms with Crippen molar-refractivity contribution in [1.82, 2.24) is 0 Å². The van der Waals surface area contributed by atoms with Gasteiger partial charge in [0.1, 0.15) is 11.7 Å². The van der Waals surface area contributed by atoms with Gasteiger partial charge in [-0.1, -0.05) is 63.1 Å². The third-order valence-corrected chi connectivity index (χ3v) is 4.59. The maximum atomic E-state index is 10.8. The van der Waals surface area contributed by atoms with E-state index in [-0.39, 0.29) is 12.8 Å². The molecule has 0 heterocycles. The predicted molar refractivity (Wildman–Crippen MR) is 109 cm³/mol. The number of carboxylic acids is 1. The van der Waals surface area contributed by atoms with Gasteiger partial charge >= 0.3 is 5.97 Å². The van der Waals surface area contributed by atoms with Gasteiger partial charge in [0.25, 0.3) is 0 Å². The van der Waals surface area contributed by atoms with Crippen molar-refractivity contribution >= 4 is 5.97 Å². The Labute approximate surface area is 164 Å². The normalized spacial score (nSPS) is 18.1. The third kappa shape index (κ3) is 12.6. The van der Waals surface area contributed by atoms with E-state index in [9.17, 15) is 20.1 Å². The second-order valence-corrected chi connectivity index (χ2v) is 7.37. The fourth-order valence-electron chi connectivity index (χ4n) is 2.57. The molecule has 0 rings (SSSR count). The van der Waals surface area contributed by atoms with E-state index in [1.54, 1.807) is 13.0 Å². The highest BCUT2D eigenvalue weighted by Gasteiger charge is 2.33. The van der Waals surface area contributed by atoms with Crippen LogP contribution in [0.4, 0.5) is 0 Å². The highest BCUT2D eigenvalue weighted by atomic mass is 16.4. The Bertz CT molecular complexity index is 479. The van der Waals surface area contributed by atoms with E-state index in [0.717, 1.165) is 12.8 Å². The summed E-state index contributed by atoms with van der Waals surface area (Å²) in [5.74, 6) is -1.54. The Morgan fingerprint density at radius 1 is 1.00 bits per heavy atom. The standard InChI is InChI=1S/C22H38O5/c1-4-5-6-7-8-9-10-11-12-13-14-17-22(3,27)20(24)19(23)16-15-18(2)21(25)26/h8-9,11-12,14,17-20,23-24,27H,4-7,10,13,15-16H2,1-3H3,(H,25,26)/b9-8-,12-11-,17-14-. The lowest BCUT2D eigenvalue weighted by Gasteiger charge is -2.30. The zero-order valence-corrected chi connectivity index (χ0v) is 17.1. The van der Waals surface area contributed by atoms with Crippen molar-refractivity contribution < 1.29 is 25.2 Å². The minimum Gasteiger partial charge on any atom is -0.481 e. The molecular formula is C22H38O5. The first kappa shape index (κ1) is 25.6. The maximum absolute atomic E-state index is 10.8. The van der Waals surface area contributed by atoms with Crippen LogP contribution in [0.3, 0.4) is 0 Å². The van der Waals surface area contributed by atoms with Gasteiger partial charge in [-0.15, -0.1) is 0 Å². The van der Waals surface area contributed by atoms with Crippen molar-refractivity contribution in [2.45, 2.75) is 89.9 Å². The number of carboxylic acid groups (broad SMARTS) is 1. The van der Waals surface area contributed by atoms with Gasteiger partial charge < -0.3 is 20.4 Å². The molecule has 27 heavy (non-hydrogen) atoms. The molecule has 0 saturated carbocycles. The Kier molecular flexibility index (Phi) is 13.8. The predicted octanol–water partition coefficient (Wildman–Crippen LogP) is 3.99. The van der Waals surface area contributed by atoms with Crippen molar-refractivity contribution in [3.05, 3.63) is 36.5 Å². The monoisotopic (exact) mass is 382 g/mol. The number of aliphatic carboxylic acids is 1. The van der Waals surface area contributed by atoms with Gasteiger partial charge in [-0.25, -0.2) is 0 Å². The van der Waals surface area contributed by atoms with Crippen LogP contribution in [0.1, 0.15) is 72.1 Å². The summed E-state index contributed by atoms with van der Waals surface area (Å²) in [6, 6.07) is 0. The Hall–Kier alpha value is -1.43. The third-order valence-electron chi connectivity index (χ3n) is 4.59. The van der Waals surface area contributed by atoms with Crippen LogP contribution in [0, 0.1) is 5.92 Å². The minimum atomic E-state index is -1.57. The Morgan fingerprint density at radius 2 is 1.59 bits per heavy atom. The van der Waals surface area contributed by atoms with E-state index < -0.39 is 29.7 Å². The molecule has 0 spiro atoms. The summed E-state index contributed by atoms with van der Waals surface area (Å²) in [5, 5.41) is 39.3. The average molecular weight is 383 g/mol. The molecule has 0 bridgehead atoms. The Morgan fingerprint density at radius 3 is 2.19 bits per heavy atom. The van der Waals surface area contributed by atoms with Crippen LogP contribution in [0.15, 0.2) is 36.5 Å². The highest BCUT2D eigenvalue weighted by Crippen LogP contribution is 2.20. The molecule has 5 heteroatoms. The molecule has 4 unspecified atom stereocenters. The van der Waals surface area contributed by atoms with E-state index in [1.165, 1.54) is 32.3 Å². The molecule has 0 amide bonds. The first-order valence-electron chi connectivity index (χ1n) is 10.0. The summed E-state index contributed by atoms with van der Waals surface area (Å²) in [6.07, 6.45) is 15.8. The van der Waals surface area contributed by atoms with Crippen LogP contribution in [-0.4, -0.2) is 44.2 Å². The van der Waals surface area contributed by atoms with E-state index in [1.807, 2.05) is 12.2 Å². The summed E-state index contributed by atoms with van der Waals surface area (Å²) in [6.45, 7) is 5.17. The van der Waals surface area contributed by atoms with E-state index in [2.05, 4.69) is 19.1 Å². The zero-order chi connectivity index (χ0) is 20.7. The van der Waals surface area contributed by atoms with Crippen LogP contribution < -0.4 is 0 Å². The quantitative estimate of drug-likeness (QED) is 0.254. The van der Waals surface area contributed by atoms with E-state index >= 15 is 0 Å². The number of hydrogen-bond acceptors (Lipinski definition) is 4. The van der Waals surface area contributed by atoms with Crippen molar-refractivity contribution in [1.29, 1.82) is 0 Å². The molecule has 0 aromatic rings. The lowest BCUT2D eigenvalue weighted by atomic mass is 9.90. The lowest BCUT2D eigenvalue weighted by Crippen LogP contribution is -2.45. The lowest BCUT2D eigenvalue weighted by molar-refractivity contribution is -0.141.